The largest absolute Gasteiger partial charge is 0.544 e. The van der Waals surface area contributed by atoms with Gasteiger partial charge in [-0.25, -0.2) is 0 Å². The van der Waals surface area contributed by atoms with Gasteiger partial charge in [0.2, 0.25) is 0 Å². The van der Waals surface area contributed by atoms with E-state index < -0.39 is 11.5 Å². The monoisotopic (exact) mass is 213 g/mol. The molecular weight excluding hydrogens is 194 g/mol. The molecule has 86 valence electrons. The number of morpholine rings is 1. The second kappa shape index (κ2) is 4.49. The second-order valence-electron chi connectivity index (χ2n) is 4.65. The first-order valence-corrected chi connectivity index (χ1v) is 5.90. The lowest BCUT2D eigenvalue weighted by Gasteiger charge is -2.45. The van der Waals surface area contributed by atoms with Crippen LogP contribution in [0, 0.1) is 0 Å². The van der Waals surface area contributed by atoms with E-state index in [-0.39, 0.29) is 0 Å². The first-order chi connectivity index (χ1) is 7.26. The van der Waals surface area contributed by atoms with Crippen LogP contribution in [0.2, 0.25) is 0 Å². The number of carbonyl (C=O) groups excluding carboxylic acids is 1. The molecule has 1 heterocycles. The summed E-state index contributed by atoms with van der Waals surface area (Å²) in [7, 11) is 0. The van der Waals surface area contributed by atoms with Crippen LogP contribution in [0.4, 0.5) is 0 Å². The number of ether oxygens (including phenoxy) is 1. The zero-order valence-corrected chi connectivity index (χ0v) is 9.09. The zero-order valence-electron chi connectivity index (χ0n) is 9.09. The Balaban J connectivity index is 2.12. The van der Waals surface area contributed by atoms with Crippen molar-refractivity contribution in [2.75, 3.05) is 26.3 Å². The summed E-state index contributed by atoms with van der Waals surface area (Å²) in [6.07, 6.45) is 4.78. The summed E-state index contributed by atoms with van der Waals surface area (Å²) in [5.74, 6) is -0.848. The predicted octanol–water partition coefficient (Wildman–Crippen LogP) is -1.65. The summed E-state index contributed by atoms with van der Waals surface area (Å²) in [6, 6.07) is 0. The Morgan fingerprint density at radius 2 is 1.73 bits per heavy atom. The molecule has 2 fully saturated rings. The molecule has 1 aliphatic heterocycles. The van der Waals surface area contributed by atoms with Crippen LogP contribution in [0.25, 0.3) is 0 Å². The molecule has 4 heteroatoms. The maximum atomic E-state index is 11.4. The van der Waals surface area contributed by atoms with E-state index in [1.54, 1.807) is 0 Å². The van der Waals surface area contributed by atoms with Gasteiger partial charge < -0.3 is 19.5 Å². The van der Waals surface area contributed by atoms with E-state index in [0.717, 1.165) is 38.8 Å². The number of quaternary nitrogens is 1. The molecule has 0 atom stereocenters. The van der Waals surface area contributed by atoms with E-state index in [0.29, 0.717) is 13.2 Å². The lowest BCUT2D eigenvalue weighted by atomic mass is 9.80. The van der Waals surface area contributed by atoms with Crippen molar-refractivity contribution in [3.63, 3.8) is 0 Å². The molecule has 2 rings (SSSR count). The summed E-state index contributed by atoms with van der Waals surface area (Å²) in [4.78, 5) is 12.6. The molecule has 0 amide bonds. The van der Waals surface area contributed by atoms with Crippen molar-refractivity contribution in [1.82, 2.24) is 0 Å². The second-order valence-corrected chi connectivity index (χ2v) is 4.65. The third-order valence-corrected chi connectivity index (χ3v) is 3.87. The van der Waals surface area contributed by atoms with Crippen molar-refractivity contribution in [3.8, 4) is 0 Å². The van der Waals surface area contributed by atoms with Crippen LogP contribution >= 0.6 is 0 Å². The third-order valence-electron chi connectivity index (χ3n) is 3.87. The normalized spacial score (nSPS) is 27.5. The number of carboxylic acids is 1. The van der Waals surface area contributed by atoms with E-state index in [4.69, 9.17) is 4.74 Å². The molecule has 0 spiro atoms. The standard InChI is InChI=1S/C11H19NO3/c13-10(14)11(4-2-1-3-5-11)12-6-8-15-9-7-12/h1-9H2,(H,13,14). The van der Waals surface area contributed by atoms with Crippen LogP contribution < -0.4 is 10.0 Å². The summed E-state index contributed by atoms with van der Waals surface area (Å²) >= 11 is 0. The third kappa shape index (κ3) is 2.01. The SMILES string of the molecule is O=C([O-])C1([NH+]2CCOCC2)CCCCC1. The van der Waals surface area contributed by atoms with E-state index in [1.807, 2.05) is 0 Å². The average molecular weight is 213 g/mol. The number of hydrogen-bond donors (Lipinski definition) is 1. The lowest BCUT2D eigenvalue weighted by Crippen LogP contribution is -3.23. The van der Waals surface area contributed by atoms with Gasteiger partial charge in [0.05, 0.1) is 13.2 Å². The van der Waals surface area contributed by atoms with Crippen molar-refractivity contribution < 1.29 is 19.5 Å². The van der Waals surface area contributed by atoms with Gasteiger partial charge in [0.1, 0.15) is 24.6 Å². The highest BCUT2D eigenvalue weighted by atomic mass is 16.5. The highest BCUT2D eigenvalue weighted by Gasteiger charge is 2.43. The molecule has 1 saturated heterocycles. The van der Waals surface area contributed by atoms with Crippen LogP contribution in [0.5, 0.6) is 0 Å². The average Bonchev–Trinajstić information content (AvgIpc) is 2.31. The van der Waals surface area contributed by atoms with Crippen molar-refractivity contribution in [3.05, 3.63) is 0 Å². The summed E-state index contributed by atoms with van der Waals surface area (Å²) < 4.78 is 5.28. The van der Waals surface area contributed by atoms with Gasteiger partial charge in [-0.05, 0) is 12.8 Å². The van der Waals surface area contributed by atoms with Gasteiger partial charge >= 0.3 is 0 Å². The van der Waals surface area contributed by atoms with E-state index in [9.17, 15) is 9.90 Å². The quantitative estimate of drug-likeness (QED) is 0.598. The maximum absolute atomic E-state index is 11.4. The van der Waals surface area contributed by atoms with Crippen molar-refractivity contribution in [2.45, 2.75) is 37.6 Å². The number of rotatable bonds is 2. The van der Waals surface area contributed by atoms with Crippen LogP contribution in [0.15, 0.2) is 0 Å². The maximum Gasteiger partial charge on any atom is 0.138 e. The van der Waals surface area contributed by atoms with Gasteiger partial charge in [-0.2, -0.15) is 0 Å². The predicted molar refractivity (Wildman–Crippen MR) is 52.3 cm³/mol. The fourth-order valence-electron chi connectivity index (χ4n) is 2.95. The van der Waals surface area contributed by atoms with Gasteiger partial charge in [-0.1, -0.05) is 6.42 Å². The highest BCUT2D eigenvalue weighted by Crippen LogP contribution is 2.25. The van der Waals surface area contributed by atoms with Crippen molar-refractivity contribution in [1.29, 1.82) is 0 Å². The Labute approximate surface area is 90.2 Å². The molecule has 2 aliphatic rings. The van der Waals surface area contributed by atoms with Crippen LogP contribution in [0.3, 0.4) is 0 Å². The molecule has 0 bridgehead atoms. The Hall–Kier alpha value is -0.610. The van der Waals surface area contributed by atoms with Crippen LogP contribution in [-0.2, 0) is 9.53 Å². The Morgan fingerprint density at radius 3 is 2.27 bits per heavy atom. The van der Waals surface area contributed by atoms with Gasteiger partial charge in [0, 0.05) is 12.8 Å². The summed E-state index contributed by atoms with van der Waals surface area (Å²) in [5, 5.41) is 11.4. The van der Waals surface area contributed by atoms with Gasteiger partial charge in [-0.3, -0.25) is 0 Å². The minimum absolute atomic E-state index is 0.609. The molecule has 0 radical (unpaired) electrons. The first-order valence-electron chi connectivity index (χ1n) is 5.90. The molecule has 0 aromatic carbocycles. The molecule has 1 saturated carbocycles. The lowest BCUT2D eigenvalue weighted by molar-refractivity contribution is -0.953. The van der Waals surface area contributed by atoms with Crippen LogP contribution in [0.1, 0.15) is 32.1 Å². The highest BCUT2D eigenvalue weighted by molar-refractivity contribution is 5.74. The number of carbonyl (C=O) groups is 1. The molecule has 4 nitrogen and oxygen atoms in total. The first kappa shape index (κ1) is 10.9. The fraction of sp³-hybridized carbons (Fsp3) is 0.909. The van der Waals surface area contributed by atoms with Gasteiger partial charge in [0.25, 0.3) is 0 Å². The number of hydrogen-bond acceptors (Lipinski definition) is 3. The number of aliphatic carboxylic acids is 1. The molecule has 1 N–H and O–H groups in total. The Kier molecular flexibility index (Phi) is 3.26. The molecule has 0 aromatic rings. The van der Waals surface area contributed by atoms with Gasteiger partial charge in [0.15, 0.2) is 0 Å². The minimum atomic E-state index is -0.848. The minimum Gasteiger partial charge on any atom is -0.544 e. The molecule has 1 aliphatic carbocycles. The van der Waals surface area contributed by atoms with E-state index >= 15 is 0 Å². The molecule has 15 heavy (non-hydrogen) atoms. The topological polar surface area (TPSA) is 53.8 Å². The Morgan fingerprint density at radius 1 is 1.13 bits per heavy atom. The van der Waals surface area contributed by atoms with E-state index in [1.165, 1.54) is 11.3 Å². The van der Waals surface area contributed by atoms with Crippen molar-refractivity contribution >= 4 is 5.97 Å². The molecular formula is C11H19NO3. The smallest absolute Gasteiger partial charge is 0.138 e. The molecule has 0 aromatic heterocycles. The van der Waals surface area contributed by atoms with Gasteiger partial charge in [-0.15, -0.1) is 0 Å². The number of carboxylic acid groups (broad SMARTS) is 1. The summed E-state index contributed by atoms with van der Waals surface area (Å²) in [6.45, 7) is 3.00. The van der Waals surface area contributed by atoms with Crippen LogP contribution in [-0.4, -0.2) is 37.8 Å². The van der Waals surface area contributed by atoms with Crippen molar-refractivity contribution in [2.24, 2.45) is 0 Å². The summed E-state index contributed by atoms with van der Waals surface area (Å²) in [5.41, 5.74) is -0.609. The molecule has 0 unspecified atom stereocenters. The number of nitrogens with one attached hydrogen (secondary N) is 1. The fourth-order valence-corrected chi connectivity index (χ4v) is 2.95. The Bertz CT molecular complexity index is 230. The zero-order chi connectivity index (χ0) is 10.7. The van der Waals surface area contributed by atoms with E-state index in [2.05, 4.69) is 0 Å².